The number of alkyl halides is 1. The van der Waals surface area contributed by atoms with E-state index in [0.717, 1.165) is 43.2 Å². The van der Waals surface area contributed by atoms with E-state index in [2.05, 4.69) is 13.8 Å². The maximum absolute atomic E-state index is 15.5. The first-order valence-electron chi connectivity index (χ1n) is 13.8. The van der Waals surface area contributed by atoms with Crippen molar-refractivity contribution >= 4 is 5.97 Å². The summed E-state index contributed by atoms with van der Waals surface area (Å²) in [6.07, 6.45) is 14.7. The summed E-state index contributed by atoms with van der Waals surface area (Å²) in [5.74, 6) is -0.251. The van der Waals surface area contributed by atoms with Gasteiger partial charge in [0.15, 0.2) is 0 Å². The third-order valence-electron chi connectivity index (χ3n) is 6.63. The van der Waals surface area contributed by atoms with Gasteiger partial charge >= 0.3 is 5.97 Å². The van der Waals surface area contributed by atoms with Gasteiger partial charge in [0.2, 0.25) is 0 Å². The van der Waals surface area contributed by atoms with E-state index in [-0.39, 0.29) is 5.56 Å². The van der Waals surface area contributed by atoms with Gasteiger partial charge in [-0.1, -0.05) is 109 Å². The molecule has 0 heterocycles. The number of carboxylic acids is 1. The van der Waals surface area contributed by atoms with Crippen molar-refractivity contribution in [3.8, 4) is 16.9 Å². The molecular formula is C31H45FO3. The molecule has 2 aromatic rings. The Bertz CT molecular complexity index is 847. The second-order valence-corrected chi connectivity index (χ2v) is 9.63. The molecule has 35 heavy (non-hydrogen) atoms. The first kappa shape index (κ1) is 28.9. The maximum atomic E-state index is 15.5. The molecular weight excluding hydrogens is 439 g/mol. The Balaban J connectivity index is 2.03. The van der Waals surface area contributed by atoms with Crippen LogP contribution in [0.25, 0.3) is 11.1 Å². The summed E-state index contributed by atoms with van der Waals surface area (Å²) in [5.41, 5.74) is 2.51. The maximum Gasteiger partial charge on any atom is 0.335 e. The molecule has 0 aliphatic heterocycles. The van der Waals surface area contributed by atoms with Crippen molar-refractivity contribution in [2.45, 2.75) is 110 Å². The van der Waals surface area contributed by atoms with Crippen molar-refractivity contribution in [2.24, 2.45) is 0 Å². The fourth-order valence-electron chi connectivity index (χ4n) is 4.45. The van der Waals surface area contributed by atoms with Crippen LogP contribution < -0.4 is 4.74 Å². The number of carboxylic acid groups (broad SMARTS) is 1. The Kier molecular flexibility index (Phi) is 14.1. The number of aromatic carboxylic acids is 1. The van der Waals surface area contributed by atoms with Crippen LogP contribution in [-0.4, -0.2) is 17.7 Å². The second-order valence-electron chi connectivity index (χ2n) is 9.63. The first-order valence-corrected chi connectivity index (χ1v) is 13.8. The van der Waals surface area contributed by atoms with Crippen molar-refractivity contribution < 1.29 is 19.0 Å². The first-order chi connectivity index (χ1) is 17.1. The summed E-state index contributed by atoms with van der Waals surface area (Å²) in [4.78, 5) is 11.2. The van der Waals surface area contributed by atoms with Gasteiger partial charge < -0.3 is 9.84 Å². The normalized spacial score (nSPS) is 12.0. The topological polar surface area (TPSA) is 46.5 Å². The van der Waals surface area contributed by atoms with Crippen LogP contribution in [0.3, 0.4) is 0 Å². The lowest BCUT2D eigenvalue weighted by Crippen LogP contribution is -2.01. The standard InChI is InChI=1S/C31H45FO3/c1-3-5-7-9-11-12-14-16-30(32)29-24-27(35-23-15-13-10-8-6-4-2)21-22-28(29)25-17-19-26(20-18-25)31(33)34/h17-22,24,30H,3-16,23H2,1-2H3,(H,33,34). The molecule has 1 N–H and O–H groups in total. The third kappa shape index (κ3) is 10.8. The molecule has 2 aromatic carbocycles. The molecule has 1 unspecified atom stereocenters. The fraction of sp³-hybridized carbons (Fsp3) is 0.581. The van der Waals surface area contributed by atoms with E-state index >= 15 is 4.39 Å². The Hall–Kier alpha value is -2.36. The molecule has 3 nitrogen and oxygen atoms in total. The zero-order chi connectivity index (χ0) is 25.3. The highest BCUT2D eigenvalue weighted by Gasteiger charge is 2.17. The molecule has 2 rings (SSSR count). The SMILES string of the molecule is CCCCCCCCCC(F)c1cc(OCCCCCCCC)ccc1-c1ccc(C(=O)O)cc1. The minimum Gasteiger partial charge on any atom is -0.494 e. The predicted molar refractivity (Wildman–Crippen MR) is 144 cm³/mol. The van der Waals surface area contributed by atoms with E-state index in [4.69, 9.17) is 4.74 Å². The van der Waals surface area contributed by atoms with Crippen molar-refractivity contribution in [3.63, 3.8) is 0 Å². The molecule has 0 bridgehead atoms. The predicted octanol–water partition coefficient (Wildman–Crippen LogP) is 9.94. The Morgan fingerprint density at radius 1 is 0.800 bits per heavy atom. The van der Waals surface area contributed by atoms with Gasteiger partial charge in [0.1, 0.15) is 11.9 Å². The van der Waals surface area contributed by atoms with E-state index in [1.54, 1.807) is 24.3 Å². The van der Waals surface area contributed by atoms with Crippen LogP contribution in [0.1, 0.15) is 126 Å². The van der Waals surface area contributed by atoms with E-state index in [9.17, 15) is 9.90 Å². The van der Waals surface area contributed by atoms with Crippen LogP contribution in [0.5, 0.6) is 5.75 Å². The van der Waals surface area contributed by atoms with Crippen molar-refractivity contribution in [3.05, 3.63) is 53.6 Å². The molecule has 1 atom stereocenters. The summed E-state index contributed by atoms with van der Waals surface area (Å²) >= 11 is 0. The van der Waals surface area contributed by atoms with Crippen LogP contribution in [0.2, 0.25) is 0 Å². The quantitative estimate of drug-likeness (QED) is 0.202. The van der Waals surface area contributed by atoms with Gasteiger partial charge in [-0.15, -0.1) is 0 Å². The molecule has 0 saturated carbocycles. The van der Waals surface area contributed by atoms with Crippen molar-refractivity contribution in [2.75, 3.05) is 6.61 Å². The average molecular weight is 485 g/mol. The van der Waals surface area contributed by atoms with Crippen molar-refractivity contribution in [1.82, 2.24) is 0 Å². The lowest BCUT2D eigenvalue weighted by atomic mass is 9.93. The van der Waals surface area contributed by atoms with Gasteiger partial charge in [-0.25, -0.2) is 9.18 Å². The zero-order valence-corrected chi connectivity index (χ0v) is 21.9. The van der Waals surface area contributed by atoms with E-state index < -0.39 is 12.1 Å². The Morgan fingerprint density at radius 3 is 1.97 bits per heavy atom. The summed E-state index contributed by atoms with van der Waals surface area (Å²) in [5, 5.41) is 9.20. The highest BCUT2D eigenvalue weighted by molar-refractivity contribution is 5.88. The highest BCUT2D eigenvalue weighted by Crippen LogP contribution is 2.36. The van der Waals surface area contributed by atoms with Crippen LogP contribution in [-0.2, 0) is 0 Å². The molecule has 4 heteroatoms. The number of halogens is 1. The minimum absolute atomic E-state index is 0.231. The molecule has 0 aromatic heterocycles. The smallest absolute Gasteiger partial charge is 0.335 e. The Morgan fingerprint density at radius 2 is 1.37 bits per heavy atom. The molecule has 0 aliphatic rings. The largest absolute Gasteiger partial charge is 0.494 e. The van der Waals surface area contributed by atoms with Gasteiger partial charge in [-0.3, -0.25) is 0 Å². The Labute approximate surface area is 212 Å². The summed E-state index contributed by atoms with van der Waals surface area (Å²) in [6.45, 7) is 5.08. The van der Waals surface area contributed by atoms with Crippen LogP contribution in [0, 0.1) is 0 Å². The highest BCUT2D eigenvalue weighted by atomic mass is 19.1. The number of benzene rings is 2. The third-order valence-corrected chi connectivity index (χ3v) is 6.63. The molecule has 0 fully saturated rings. The van der Waals surface area contributed by atoms with Gasteiger partial charge in [-0.05, 0) is 53.8 Å². The van der Waals surface area contributed by atoms with Gasteiger partial charge in [0, 0.05) is 0 Å². The lowest BCUT2D eigenvalue weighted by molar-refractivity contribution is 0.0697. The minimum atomic E-state index is -1.07. The number of hydrogen-bond donors (Lipinski definition) is 1. The number of rotatable bonds is 19. The van der Waals surface area contributed by atoms with Crippen LogP contribution in [0.4, 0.5) is 4.39 Å². The number of ether oxygens (including phenoxy) is 1. The van der Waals surface area contributed by atoms with Crippen molar-refractivity contribution in [1.29, 1.82) is 0 Å². The van der Waals surface area contributed by atoms with Gasteiger partial charge in [0.25, 0.3) is 0 Å². The average Bonchev–Trinajstić information content (AvgIpc) is 2.87. The molecule has 0 spiro atoms. The second kappa shape index (κ2) is 17.1. The molecule has 0 aliphatic carbocycles. The van der Waals surface area contributed by atoms with E-state index in [1.165, 1.54) is 51.4 Å². The van der Waals surface area contributed by atoms with Gasteiger partial charge in [0.05, 0.1) is 12.2 Å². The summed E-state index contributed by atoms with van der Waals surface area (Å²) < 4.78 is 21.5. The monoisotopic (exact) mass is 484 g/mol. The molecule has 194 valence electrons. The summed E-state index contributed by atoms with van der Waals surface area (Å²) in [7, 11) is 0. The molecule has 0 radical (unpaired) electrons. The number of hydrogen-bond acceptors (Lipinski definition) is 2. The van der Waals surface area contributed by atoms with Crippen LogP contribution >= 0.6 is 0 Å². The van der Waals surface area contributed by atoms with Crippen LogP contribution in [0.15, 0.2) is 42.5 Å². The number of unbranched alkanes of at least 4 members (excludes halogenated alkanes) is 11. The van der Waals surface area contributed by atoms with Gasteiger partial charge in [-0.2, -0.15) is 0 Å². The molecule has 0 saturated heterocycles. The van der Waals surface area contributed by atoms with E-state index in [0.29, 0.717) is 24.3 Å². The van der Waals surface area contributed by atoms with E-state index in [1.807, 2.05) is 18.2 Å². The lowest BCUT2D eigenvalue weighted by Gasteiger charge is -2.17. The molecule has 0 amide bonds. The number of carbonyl (C=O) groups is 1. The zero-order valence-electron chi connectivity index (χ0n) is 21.9. The fourth-order valence-corrected chi connectivity index (χ4v) is 4.45. The summed E-state index contributed by atoms with van der Waals surface area (Å²) in [6, 6.07) is 12.4.